The van der Waals surface area contributed by atoms with Gasteiger partial charge in [-0.1, -0.05) is 24.0 Å². The van der Waals surface area contributed by atoms with E-state index in [0.29, 0.717) is 17.1 Å². The van der Waals surface area contributed by atoms with E-state index in [0.717, 1.165) is 16.7 Å². The molecular formula is C18H15N3O7S3. The number of nitrogens with one attached hydrogen (secondary N) is 1. The van der Waals surface area contributed by atoms with Crippen LogP contribution in [0.5, 0.6) is 0 Å². The van der Waals surface area contributed by atoms with Crippen molar-refractivity contribution in [2.45, 2.75) is 4.90 Å². The van der Waals surface area contributed by atoms with Crippen molar-refractivity contribution in [3.05, 3.63) is 47.1 Å². The molecule has 0 radical (unpaired) electrons. The van der Waals surface area contributed by atoms with E-state index in [9.17, 15) is 22.8 Å². The Labute approximate surface area is 186 Å². The molecule has 31 heavy (non-hydrogen) atoms. The molecule has 13 heteroatoms. The number of thioether (sulfide) groups is 1. The summed E-state index contributed by atoms with van der Waals surface area (Å²) in [6.45, 7) is -0.952. The van der Waals surface area contributed by atoms with E-state index in [1.807, 2.05) is 0 Å². The third kappa shape index (κ3) is 5.58. The number of nitrogens with zero attached hydrogens (tertiary/aromatic N) is 1. The molecule has 1 aromatic carbocycles. The van der Waals surface area contributed by atoms with Gasteiger partial charge in [0.1, 0.15) is 28.9 Å². The molecule has 162 valence electrons. The second-order valence-corrected chi connectivity index (χ2v) is 9.45. The summed E-state index contributed by atoms with van der Waals surface area (Å²) in [6, 6.07) is 9.06. The van der Waals surface area contributed by atoms with Crippen molar-refractivity contribution in [3.8, 4) is 11.3 Å². The molecule has 0 aliphatic carbocycles. The number of benzene rings is 1. The Balaban J connectivity index is 1.72. The smallest absolute Gasteiger partial charge is 0.322 e. The molecule has 0 spiro atoms. The zero-order valence-corrected chi connectivity index (χ0v) is 18.1. The second kappa shape index (κ2) is 9.01. The minimum atomic E-state index is -3.80. The third-order valence-corrected chi connectivity index (χ3v) is 6.29. The minimum Gasteiger partial charge on any atom is -0.480 e. The number of nitrogens with two attached hydrogens (primary N) is 1. The number of hydrogen-bond acceptors (Lipinski definition) is 8. The molecule has 3 rings (SSSR count). The molecule has 0 bridgehead atoms. The Kier molecular flexibility index (Phi) is 6.59. The maximum atomic E-state index is 12.5. The number of carbonyl (C=O) groups is 3. The second-order valence-electron chi connectivity index (χ2n) is 6.21. The standard InChI is InChI=1S/C18H15N3O7S3/c19-31(26,27)12-4-1-10(2-5-12)13-6-3-11(28-13)7-14-17(25)21(18(29)30-14)9-15(22)20-8-16(23)24/h1-7H,8-9H2,(H,20,22)(H,23,24)(H2,19,26,27). The van der Waals surface area contributed by atoms with Gasteiger partial charge in [0.15, 0.2) is 0 Å². The number of furan rings is 1. The summed E-state index contributed by atoms with van der Waals surface area (Å²) in [4.78, 5) is 36.1. The third-order valence-electron chi connectivity index (χ3n) is 3.98. The van der Waals surface area contributed by atoms with Gasteiger partial charge in [-0.25, -0.2) is 13.6 Å². The van der Waals surface area contributed by atoms with E-state index >= 15 is 0 Å². The highest BCUT2D eigenvalue weighted by Crippen LogP contribution is 2.33. The van der Waals surface area contributed by atoms with Crippen LogP contribution in [0, 0.1) is 0 Å². The maximum Gasteiger partial charge on any atom is 0.322 e. The number of primary sulfonamides is 1. The van der Waals surface area contributed by atoms with Crippen LogP contribution in [0.2, 0.25) is 0 Å². The first kappa shape index (κ1) is 22.7. The van der Waals surface area contributed by atoms with Crippen molar-refractivity contribution in [2.75, 3.05) is 13.1 Å². The number of rotatable bonds is 7. The molecular weight excluding hydrogens is 466 g/mol. The molecule has 0 atom stereocenters. The molecule has 1 aliphatic heterocycles. The summed E-state index contributed by atoms with van der Waals surface area (Å²) in [5, 5.41) is 15.8. The van der Waals surface area contributed by atoms with Crippen molar-refractivity contribution >= 4 is 62.2 Å². The average molecular weight is 482 g/mol. The summed E-state index contributed by atoms with van der Waals surface area (Å²) < 4.78 is 28.5. The number of amides is 2. The summed E-state index contributed by atoms with van der Waals surface area (Å²) in [5.41, 5.74) is 0.606. The number of sulfonamides is 1. The first-order chi connectivity index (χ1) is 14.5. The van der Waals surface area contributed by atoms with Crippen LogP contribution in [0.25, 0.3) is 17.4 Å². The first-order valence-electron chi connectivity index (χ1n) is 8.51. The largest absolute Gasteiger partial charge is 0.480 e. The quantitative estimate of drug-likeness (QED) is 0.387. The number of carboxylic acids is 1. The average Bonchev–Trinajstić information content (AvgIpc) is 3.26. The number of carboxylic acid groups (broad SMARTS) is 1. The lowest BCUT2D eigenvalue weighted by Gasteiger charge is -2.13. The summed E-state index contributed by atoms with van der Waals surface area (Å²) in [7, 11) is -3.80. The number of thiocarbonyl (C=S) groups is 1. The van der Waals surface area contributed by atoms with Gasteiger partial charge in [-0.3, -0.25) is 19.3 Å². The van der Waals surface area contributed by atoms with Crippen molar-refractivity contribution in [1.29, 1.82) is 0 Å². The highest BCUT2D eigenvalue weighted by atomic mass is 32.2. The predicted octanol–water partition coefficient (Wildman–Crippen LogP) is 0.996. The van der Waals surface area contributed by atoms with Gasteiger partial charge in [-0.2, -0.15) is 0 Å². The maximum absolute atomic E-state index is 12.5. The van der Waals surface area contributed by atoms with Gasteiger partial charge in [0, 0.05) is 11.6 Å². The molecule has 4 N–H and O–H groups in total. The zero-order chi connectivity index (χ0) is 22.8. The zero-order valence-electron chi connectivity index (χ0n) is 15.6. The van der Waals surface area contributed by atoms with E-state index < -0.39 is 40.9 Å². The summed E-state index contributed by atoms with van der Waals surface area (Å²) >= 11 is 6.11. The van der Waals surface area contributed by atoms with Gasteiger partial charge < -0.3 is 14.8 Å². The van der Waals surface area contributed by atoms with Crippen LogP contribution in [-0.2, 0) is 24.4 Å². The molecule has 2 aromatic rings. The molecule has 2 heterocycles. The normalized spacial score (nSPS) is 15.5. The SMILES string of the molecule is NS(=O)(=O)c1ccc(-c2ccc(C=C3SC(=S)N(CC(=O)NCC(=O)O)C3=O)o2)cc1. The van der Waals surface area contributed by atoms with Gasteiger partial charge in [-0.15, -0.1) is 0 Å². The Morgan fingerprint density at radius 1 is 1.23 bits per heavy atom. The van der Waals surface area contributed by atoms with Gasteiger partial charge >= 0.3 is 5.97 Å². The summed E-state index contributed by atoms with van der Waals surface area (Å²) in [5.74, 6) is -1.57. The number of aliphatic carboxylic acids is 1. The van der Waals surface area contributed by atoms with E-state index in [1.54, 1.807) is 12.1 Å². The lowest BCUT2D eigenvalue weighted by atomic mass is 10.2. The van der Waals surface area contributed by atoms with Gasteiger partial charge in [0.25, 0.3) is 5.91 Å². The molecule has 10 nitrogen and oxygen atoms in total. The van der Waals surface area contributed by atoms with E-state index in [1.165, 1.54) is 30.3 Å². The van der Waals surface area contributed by atoms with Crippen molar-refractivity contribution in [3.63, 3.8) is 0 Å². The predicted molar refractivity (Wildman–Crippen MR) is 116 cm³/mol. The monoisotopic (exact) mass is 481 g/mol. The van der Waals surface area contributed by atoms with Crippen LogP contribution in [0.1, 0.15) is 5.76 Å². The first-order valence-corrected chi connectivity index (χ1v) is 11.3. The molecule has 1 saturated heterocycles. The lowest BCUT2D eigenvalue weighted by molar-refractivity contribution is -0.138. The minimum absolute atomic E-state index is 0.0286. The van der Waals surface area contributed by atoms with E-state index in [2.05, 4.69) is 5.32 Å². The van der Waals surface area contributed by atoms with Crippen LogP contribution in [-0.4, -0.2) is 53.6 Å². The number of hydrogen-bond donors (Lipinski definition) is 3. The van der Waals surface area contributed by atoms with Crippen LogP contribution in [0.3, 0.4) is 0 Å². The molecule has 0 saturated carbocycles. The van der Waals surface area contributed by atoms with Gasteiger partial charge in [-0.05, 0) is 36.4 Å². The van der Waals surface area contributed by atoms with Crippen molar-refractivity contribution < 1.29 is 32.3 Å². The van der Waals surface area contributed by atoms with Crippen LogP contribution in [0.15, 0.2) is 50.6 Å². The Hall–Kier alpha value is -3.00. The topological polar surface area (TPSA) is 160 Å². The van der Waals surface area contributed by atoms with Gasteiger partial charge in [0.2, 0.25) is 15.9 Å². The molecule has 2 amide bonds. The van der Waals surface area contributed by atoms with E-state index in [4.69, 9.17) is 26.9 Å². The number of carbonyl (C=O) groups excluding carboxylic acids is 2. The highest BCUT2D eigenvalue weighted by Gasteiger charge is 2.33. The van der Waals surface area contributed by atoms with Crippen molar-refractivity contribution in [2.24, 2.45) is 5.14 Å². The molecule has 1 aromatic heterocycles. The Morgan fingerprint density at radius 2 is 1.90 bits per heavy atom. The van der Waals surface area contributed by atoms with Gasteiger partial charge in [0.05, 0.1) is 9.80 Å². The fourth-order valence-corrected chi connectivity index (χ4v) is 4.28. The van der Waals surface area contributed by atoms with Crippen molar-refractivity contribution in [1.82, 2.24) is 10.2 Å². The van der Waals surface area contributed by atoms with Crippen LogP contribution in [0.4, 0.5) is 0 Å². The lowest BCUT2D eigenvalue weighted by Crippen LogP contribution is -2.41. The van der Waals surface area contributed by atoms with Crippen LogP contribution >= 0.6 is 24.0 Å². The molecule has 1 fully saturated rings. The highest BCUT2D eigenvalue weighted by molar-refractivity contribution is 8.26. The van der Waals surface area contributed by atoms with Crippen LogP contribution < -0.4 is 10.5 Å². The molecule has 0 unspecified atom stereocenters. The Bertz CT molecular complexity index is 1200. The Morgan fingerprint density at radius 3 is 2.52 bits per heavy atom. The molecule has 1 aliphatic rings. The van der Waals surface area contributed by atoms with E-state index in [-0.39, 0.29) is 14.1 Å². The fourth-order valence-electron chi connectivity index (χ4n) is 2.53. The summed E-state index contributed by atoms with van der Waals surface area (Å²) in [6.07, 6.45) is 1.47. The fraction of sp³-hybridized carbons (Fsp3) is 0.111.